The van der Waals surface area contributed by atoms with Gasteiger partial charge in [-0.25, -0.2) is 9.59 Å². The lowest BCUT2D eigenvalue weighted by molar-refractivity contribution is -0.121. The van der Waals surface area contributed by atoms with E-state index in [1.54, 1.807) is 4.90 Å². The molecule has 1 saturated heterocycles. The van der Waals surface area contributed by atoms with E-state index in [9.17, 15) is 14.4 Å². The van der Waals surface area contributed by atoms with Gasteiger partial charge in [-0.1, -0.05) is 0 Å². The zero-order valence-electron chi connectivity index (χ0n) is 14.6. The second-order valence-electron chi connectivity index (χ2n) is 5.89. The number of hydrogen-bond donors (Lipinski definition) is 2. The Morgan fingerprint density at radius 3 is 2.09 bits per heavy atom. The third kappa shape index (κ3) is 6.43. The predicted molar refractivity (Wildman–Crippen MR) is 88.1 cm³/mol. The van der Waals surface area contributed by atoms with Crippen LogP contribution >= 0.6 is 0 Å². The first-order valence-electron chi connectivity index (χ1n) is 8.23. The molecule has 1 rings (SSSR count). The molecule has 1 aliphatic rings. The highest BCUT2D eigenvalue weighted by atomic mass is 16.2. The van der Waals surface area contributed by atoms with Crippen molar-refractivity contribution in [3.8, 4) is 0 Å². The van der Waals surface area contributed by atoms with Gasteiger partial charge in [0, 0.05) is 45.3 Å². The molecule has 0 bridgehead atoms. The molecule has 23 heavy (non-hydrogen) atoms. The van der Waals surface area contributed by atoms with Crippen molar-refractivity contribution in [2.75, 3.05) is 45.8 Å². The maximum Gasteiger partial charge on any atom is 0.321 e. The van der Waals surface area contributed by atoms with Crippen LogP contribution in [-0.2, 0) is 4.79 Å². The molecule has 0 saturated carbocycles. The summed E-state index contributed by atoms with van der Waals surface area (Å²) in [7, 11) is 0. The molecule has 1 heterocycles. The number of imide groups is 1. The SMILES string of the molecule is CCN(CC)C(=O)N1CCN(CC(=O)NC(=O)NC(C)C)CC1. The highest BCUT2D eigenvalue weighted by molar-refractivity contribution is 5.95. The zero-order chi connectivity index (χ0) is 17.4. The van der Waals surface area contributed by atoms with Gasteiger partial charge in [0.1, 0.15) is 0 Å². The summed E-state index contributed by atoms with van der Waals surface area (Å²) >= 11 is 0. The fraction of sp³-hybridized carbons (Fsp3) is 0.800. The molecule has 0 unspecified atom stereocenters. The van der Waals surface area contributed by atoms with Crippen molar-refractivity contribution in [1.29, 1.82) is 0 Å². The van der Waals surface area contributed by atoms with E-state index in [0.717, 1.165) is 0 Å². The average molecular weight is 327 g/mol. The van der Waals surface area contributed by atoms with E-state index in [1.165, 1.54) is 0 Å². The quantitative estimate of drug-likeness (QED) is 0.760. The smallest absolute Gasteiger partial charge is 0.321 e. The number of piperazine rings is 1. The van der Waals surface area contributed by atoms with E-state index in [2.05, 4.69) is 10.6 Å². The van der Waals surface area contributed by atoms with Crippen LogP contribution in [0, 0.1) is 0 Å². The van der Waals surface area contributed by atoms with E-state index >= 15 is 0 Å². The maximum atomic E-state index is 12.2. The van der Waals surface area contributed by atoms with Crippen LogP contribution in [0.25, 0.3) is 0 Å². The van der Waals surface area contributed by atoms with Crippen molar-refractivity contribution in [3.63, 3.8) is 0 Å². The van der Waals surface area contributed by atoms with Crippen LogP contribution < -0.4 is 10.6 Å². The minimum absolute atomic E-state index is 0.0163. The highest BCUT2D eigenvalue weighted by Gasteiger charge is 2.25. The van der Waals surface area contributed by atoms with Gasteiger partial charge in [-0.2, -0.15) is 0 Å². The minimum atomic E-state index is -0.472. The number of hydrogen-bond acceptors (Lipinski definition) is 4. The summed E-state index contributed by atoms with van der Waals surface area (Å²) in [4.78, 5) is 41.1. The first-order valence-corrected chi connectivity index (χ1v) is 8.23. The van der Waals surface area contributed by atoms with Gasteiger partial charge < -0.3 is 15.1 Å². The number of nitrogens with zero attached hydrogens (tertiary/aromatic N) is 3. The molecule has 0 aromatic rings. The van der Waals surface area contributed by atoms with Crippen molar-refractivity contribution in [3.05, 3.63) is 0 Å². The Balaban J connectivity index is 2.35. The van der Waals surface area contributed by atoms with Gasteiger partial charge in [-0.05, 0) is 27.7 Å². The standard InChI is InChI=1S/C15H29N5O3/c1-5-19(6-2)15(23)20-9-7-18(8-10-20)11-13(21)17-14(22)16-12(3)4/h12H,5-11H2,1-4H3,(H2,16,17,21,22). The third-order valence-corrected chi connectivity index (χ3v) is 3.72. The van der Waals surface area contributed by atoms with Crippen molar-refractivity contribution < 1.29 is 14.4 Å². The molecule has 2 N–H and O–H groups in total. The Morgan fingerprint density at radius 1 is 1.04 bits per heavy atom. The number of nitrogens with one attached hydrogen (secondary N) is 2. The maximum absolute atomic E-state index is 12.2. The van der Waals surface area contributed by atoms with Crippen molar-refractivity contribution in [1.82, 2.24) is 25.3 Å². The number of carbonyl (C=O) groups excluding carboxylic acids is 3. The van der Waals surface area contributed by atoms with E-state index in [0.29, 0.717) is 39.3 Å². The van der Waals surface area contributed by atoms with Gasteiger partial charge in [0.15, 0.2) is 0 Å². The molecule has 8 nitrogen and oxygen atoms in total. The molecule has 5 amide bonds. The summed E-state index contributed by atoms with van der Waals surface area (Å²) in [6, 6.07) is -0.437. The number of amides is 5. The van der Waals surface area contributed by atoms with Gasteiger partial charge in [-0.15, -0.1) is 0 Å². The normalized spacial score (nSPS) is 15.4. The largest absolute Gasteiger partial charge is 0.336 e. The Labute approximate surface area is 138 Å². The molecule has 0 spiro atoms. The molecule has 132 valence electrons. The predicted octanol–water partition coefficient (Wildman–Crippen LogP) is 0.300. The van der Waals surface area contributed by atoms with Crippen molar-refractivity contribution in [2.45, 2.75) is 33.7 Å². The monoisotopic (exact) mass is 327 g/mol. The fourth-order valence-corrected chi connectivity index (χ4v) is 2.46. The van der Waals surface area contributed by atoms with Crippen LogP contribution in [0.4, 0.5) is 9.59 Å². The Bertz CT molecular complexity index is 415. The Kier molecular flexibility index (Phi) is 7.80. The lowest BCUT2D eigenvalue weighted by Gasteiger charge is -2.36. The molecular formula is C15H29N5O3. The lowest BCUT2D eigenvalue weighted by Crippen LogP contribution is -2.55. The van der Waals surface area contributed by atoms with Gasteiger partial charge >= 0.3 is 12.1 Å². The van der Waals surface area contributed by atoms with E-state index in [-0.39, 0.29) is 24.5 Å². The van der Waals surface area contributed by atoms with Crippen LogP contribution in [0.2, 0.25) is 0 Å². The zero-order valence-corrected chi connectivity index (χ0v) is 14.6. The Morgan fingerprint density at radius 2 is 1.61 bits per heavy atom. The first-order chi connectivity index (χ1) is 10.9. The fourth-order valence-electron chi connectivity index (χ4n) is 2.46. The van der Waals surface area contributed by atoms with Crippen LogP contribution in [0.5, 0.6) is 0 Å². The highest BCUT2D eigenvalue weighted by Crippen LogP contribution is 2.05. The minimum Gasteiger partial charge on any atom is -0.336 e. The van der Waals surface area contributed by atoms with Gasteiger partial charge in [0.25, 0.3) is 0 Å². The molecule has 0 radical (unpaired) electrons. The second-order valence-corrected chi connectivity index (χ2v) is 5.89. The molecule has 1 aliphatic heterocycles. The lowest BCUT2D eigenvalue weighted by atomic mass is 10.3. The first kappa shape index (κ1) is 19.2. The van der Waals surface area contributed by atoms with E-state index < -0.39 is 6.03 Å². The van der Waals surface area contributed by atoms with Crippen LogP contribution in [0.15, 0.2) is 0 Å². The van der Waals surface area contributed by atoms with Crippen LogP contribution in [-0.4, -0.2) is 84.5 Å². The molecular weight excluding hydrogens is 298 g/mol. The van der Waals surface area contributed by atoms with Crippen molar-refractivity contribution in [2.24, 2.45) is 0 Å². The summed E-state index contributed by atoms with van der Waals surface area (Å²) in [6.07, 6.45) is 0. The topological polar surface area (TPSA) is 85.0 Å². The average Bonchev–Trinajstić information content (AvgIpc) is 2.47. The van der Waals surface area contributed by atoms with E-state index in [1.807, 2.05) is 37.5 Å². The number of carbonyl (C=O) groups is 3. The summed E-state index contributed by atoms with van der Waals surface area (Å²) in [5, 5.41) is 4.92. The summed E-state index contributed by atoms with van der Waals surface area (Å²) in [5.74, 6) is -0.327. The number of rotatable bonds is 5. The van der Waals surface area contributed by atoms with E-state index in [4.69, 9.17) is 0 Å². The second kappa shape index (κ2) is 9.34. The summed E-state index contributed by atoms with van der Waals surface area (Å²) in [5.41, 5.74) is 0. The Hall–Kier alpha value is -1.83. The van der Waals surface area contributed by atoms with Gasteiger partial charge in [0.05, 0.1) is 6.54 Å². The molecule has 0 atom stereocenters. The van der Waals surface area contributed by atoms with Crippen LogP contribution in [0.1, 0.15) is 27.7 Å². The summed E-state index contributed by atoms with van der Waals surface area (Å²) < 4.78 is 0. The van der Waals surface area contributed by atoms with Crippen molar-refractivity contribution >= 4 is 18.0 Å². The summed E-state index contributed by atoms with van der Waals surface area (Å²) in [6.45, 7) is 11.6. The molecule has 0 aromatic heterocycles. The molecule has 0 aliphatic carbocycles. The van der Waals surface area contributed by atoms with Gasteiger partial charge in [-0.3, -0.25) is 15.0 Å². The number of urea groups is 2. The third-order valence-electron chi connectivity index (χ3n) is 3.72. The molecule has 8 heteroatoms. The van der Waals surface area contributed by atoms with Gasteiger partial charge in [0.2, 0.25) is 5.91 Å². The van der Waals surface area contributed by atoms with Crippen LogP contribution in [0.3, 0.4) is 0 Å². The molecule has 1 fully saturated rings. The molecule has 0 aromatic carbocycles.